The van der Waals surface area contributed by atoms with Gasteiger partial charge in [0, 0.05) is 5.54 Å². The van der Waals surface area contributed by atoms with Crippen LogP contribution in [0.15, 0.2) is 47.6 Å². The number of rotatable bonds is 9. The van der Waals surface area contributed by atoms with Crippen molar-refractivity contribution in [3.8, 4) is 0 Å². The zero-order valence-electron chi connectivity index (χ0n) is 21.4. The maximum Gasteiger partial charge on any atom is 0.469 e. The van der Waals surface area contributed by atoms with Crippen molar-refractivity contribution in [2.24, 2.45) is 10.9 Å². The highest BCUT2D eigenvalue weighted by Crippen LogP contribution is 2.43. The highest BCUT2D eigenvalue weighted by molar-refractivity contribution is 7.46. The highest BCUT2D eigenvalue weighted by atomic mass is 31.2. The molecule has 2 saturated carbocycles. The summed E-state index contributed by atoms with van der Waals surface area (Å²) in [5, 5.41) is 4.34. The maximum atomic E-state index is 11.0. The van der Waals surface area contributed by atoms with Crippen molar-refractivity contribution in [2.75, 3.05) is 6.61 Å². The van der Waals surface area contributed by atoms with E-state index < -0.39 is 13.4 Å². The van der Waals surface area contributed by atoms with Gasteiger partial charge in [0.25, 0.3) is 0 Å². The first-order valence-electron chi connectivity index (χ1n) is 13.0. The van der Waals surface area contributed by atoms with Crippen LogP contribution < -0.4 is 5.73 Å². The minimum absolute atomic E-state index is 0.141. The molecule has 0 radical (unpaired) electrons. The molecule has 2 atom stereocenters. The molecule has 2 aliphatic rings. The Hall–Kier alpha value is -2.02. The number of aryl methyl sites for hydroxylation is 1. The molecule has 0 aliphatic heterocycles. The third kappa shape index (κ3) is 7.27. The van der Waals surface area contributed by atoms with Crippen LogP contribution in [-0.4, -0.2) is 27.6 Å². The molecule has 2 aliphatic carbocycles. The fraction of sp³-hybridized carbons (Fsp3) is 0.536. The van der Waals surface area contributed by atoms with Crippen LogP contribution >= 0.6 is 7.82 Å². The Balaban J connectivity index is 1.30. The maximum absolute atomic E-state index is 11.0. The summed E-state index contributed by atoms with van der Waals surface area (Å²) in [7, 11) is -4.52. The molecule has 0 aromatic heterocycles. The number of phosphoric ester groups is 1. The molecule has 0 spiro atoms. The van der Waals surface area contributed by atoms with E-state index in [1.54, 1.807) is 0 Å². The fourth-order valence-electron chi connectivity index (χ4n) is 5.74. The van der Waals surface area contributed by atoms with Crippen LogP contribution in [0.1, 0.15) is 97.9 Å². The van der Waals surface area contributed by atoms with Crippen LogP contribution in [0.5, 0.6) is 0 Å². The van der Waals surface area contributed by atoms with E-state index in [0.717, 1.165) is 28.8 Å². The van der Waals surface area contributed by atoms with Crippen molar-refractivity contribution in [3.63, 3.8) is 0 Å². The van der Waals surface area contributed by atoms with Gasteiger partial charge in [-0.15, -0.1) is 0 Å². The van der Waals surface area contributed by atoms with E-state index in [-0.39, 0.29) is 12.5 Å². The summed E-state index contributed by atoms with van der Waals surface area (Å²) in [4.78, 5) is 23.6. The Bertz CT molecular complexity index is 1110. The van der Waals surface area contributed by atoms with Gasteiger partial charge in [0.1, 0.15) is 6.61 Å². The van der Waals surface area contributed by atoms with Gasteiger partial charge in [-0.25, -0.2) is 4.57 Å². The van der Waals surface area contributed by atoms with Gasteiger partial charge in [0.05, 0.1) is 12.3 Å². The Morgan fingerprint density at radius 2 is 1.81 bits per heavy atom. The summed E-state index contributed by atoms with van der Waals surface area (Å²) in [5.74, 6) is 0.938. The number of phosphoric acid groups is 1. The lowest BCUT2D eigenvalue weighted by molar-refractivity contribution is 0.130. The molecule has 36 heavy (non-hydrogen) atoms. The van der Waals surface area contributed by atoms with Crippen molar-refractivity contribution >= 4 is 13.5 Å². The van der Waals surface area contributed by atoms with Gasteiger partial charge in [0.2, 0.25) is 0 Å². The Morgan fingerprint density at radius 1 is 1.08 bits per heavy atom. The van der Waals surface area contributed by atoms with Gasteiger partial charge in [-0.1, -0.05) is 66.9 Å². The summed E-state index contributed by atoms with van der Waals surface area (Å²) >= 11 is 0. The number of nitrogens with two attached hydrogens (primary N) is 1. The van der Waals surface area contributed by atoms with E-state index in [1.807, 2.05) is 19.1 Å². The van der Waals surface area contributed by atoms with Crippen LogP contribution in [0.25, 0.3) is 0 Å². The van der Waals surface area contributed by atoms with E-state index in [0.29, 0.717) is 25.4 Å². The number of hydrogen-bond acceptors (Lipinski definition) is 5. The van der Waals surface area contributed by atoms with Gasteiger partial charge in [-0.2, -0.15) is 0 Å². The quantitative estimate of drug-likeness (QED) is 0.213. The molecule has 0 bridgehead atoms. The lowest BCUT2D eigenvalue weighted by Gasteiger charge is -2.24. The van der Waals surface area contributed by atoms with E-state index in [4.69, 9.17) is 20.4 Å². The molecular weight excluding hydrogens is 475 g/mol. The van der Waals surface area contributed by atoms with E-state index in [2.05, 4.69) is 46.9 Å². The molecular formula is C28H39N2O5P. The summed E-state index contributed by atoms with van der Waals surface area (Å²) in [6, 6.07) is 14.9. The molecule has 0 saturated heterocycles. The monoisotopic (exact) mass is 514 g/mol. The SMILES string of the molecule is C/C(=N\OCc1ccc(C2CCCCC2)c(C)c1)c1ccc([C@@H]2CC[C@](N)(COP(=O)(O)O)C2)cc1. The molecule has 0 amide bonds. The Kier molecular flexibility index (Phi) is 8.69. The lowest BCUT2D eigenvalue weighted by Crippen LogP contribution is -2.41. The fourth-order valence-corrected chi connectivity index (χ4v) is 6.16. The van der Waals surface area contributed by atoms with E-state index in [1.165, 1.54) is 43.2 Å². The van der Waals surface area contributed by atoms with Crippen molar-refractivity contribution in [3.05, 3.63) is 70.3 Å². The molecule has 7 nitrogen and oxygen atoms in total. The molecule has 0 unspecified atom stereocenters. The molecule has 2 aromatic rings. The predicted molar refractivity (Wildman–Crippen MR) is 142 cm³/mol. The first-order chi connectivity index (χ1) is 17.1. The third-order valence-electron chi connectivity index (χ3n) is 7.78. The second-order valence-corrected chi connectivity index (χ2v) is 11.9. The third-order valence-corrected chi connectivity index (χ3v) is 8.24. The summed E-state index contributed by atoms with van der Waals surface area (Å²) < 4.78 is 15.7. The largest absolute Gasteiger partial charge is 0.469 e. The lowest BCUT2D eigenvalue weighted by atomic mass is 9.82. The molecule has 4 rings (SSSR count). The first kappa shape index (κ1) is 27.0. The standard InChI is InChI=1S/C28H39N2O5P/c1-20-16-22(8-13-27(20)25-6-4-3-5-7-25)18-34-30-21(2)23-9-11-24(12-10-23)26-14-15-28(29,17-26)19-35-36(31,32)33/h8-13,16,25-26H,3-7,14-15,17-19,29H2,1-2H3,(H2,31,32,33)/b30-21+/t26-,28-/m1/s1. The number of nitrogens with zero attached hydrogens (tertiary/aromatic N) is 1. The number of hydrogen-bond donors (Lipinski definition) is 3. The molecule has 2 fully saturated rings. The highest BCUT2D eigenvalue weighted by Gasteiger charge is 2.38. The van der Waals surface area contributed by atoms with E-state index >= 15 is 0 Å². The van der Waals surface area contributed by atoms with Gasteiger partial charge in [-0.3, -0.25) is 4.52 Å². The average molecular weight is 515 g/mol. The summed E-state index contributed by atoms with van der Waals surface area (Å²) in [5.41, 5.74) is 12.5. The molecule has 0 heterocycles. The smallest absolute Gasteiger partial charge is 0.391 e. The van der Waals surface area contributed by atoms with Gasteiger partial charge in [-0.05, 0) is 85.6 Å². The molecule has 196 valence electrons. The van der Waals surface area contributed by atoms with Gasteiger partial charge in [0.15, 0.2) is 0 Å². The van der Waals surface area contributed by atoms with Crippen molar-refractivity contribution in [1.82, 2.24) is 0 Å². The van der Waals surface area contributed by atoms with Crippen LogP contribution in [0.2, 0.25) is 0 Å². The first-order valence-corrected chi connectivity index (χ1v) is 14.5. The summed E-state index contributed by atoms with van der Waals surface area (Å²) in [6.07, 6.45) is 8.80. The number of benzene rings is 2. The number of oxime groups is 1. The van der Waals surface area contributed by atoms with Crippen LogP contribution in [-0.2, 0) is 20.5 Å². The second kappa shape index (κ2) is 11.6. The van der Waals surface area contributed by atoms with Crippen molar-refractivity contribution in [1.29, 1.82) is 0 Å². The topological polar surface area (TPSA) is 114 Å². The average Bonchev–Trinajstić information content (AvgIpc) is 3.25. The van der Waals surface area contributed by atoms with E-state index in [9.17, 15) is 4.57 Å². The van der Waals surface area contributed by atoms with Crippen molar-refractivity contribution < 1.29 is 23.7 Å². The molecule has 8 heteroatoms. The molecule has 4 N–H and O–H groups in total. The Labute approximate surface area is 214 Å². The second-order valence-electron chi connectivity index (χ2n) is 10.7. The van der Waals surface area contributed by atoms with Crippen molar-refractivity contribution in [2.45, 2.75) is 89.2 Å². The van der Waals surface area contributed by atoms with Gasteiger partial charge >= 0.3 is 7.82 Å². The zero-order chi connectivity index (χ0) is 25.8. The summed E-state index contributed by atoms with van der Waals surface area (Å²) in [6.45, 7) is 4.44. The minimum Gasteiger partial charge on any atom is -0.391 e. The van der Waals surface area contributed by atoms with Crippen LogP contribution in [0, 0.1) is 6.92 Å². The Morgan fingerprint density at radius 3 is 2.47 bits per heavy atom. The normalized spacial score (nSPS) is 23.7. The van der Waals surface area contributed by atoms with Crippen LogP contribution in [0.4, 0.5) is 0 Å². The minimum atomic E-state index is -4.52. The van der Waals surface area contributed by atoms with Gasteiger partial charge < -0.3 is 20.4 Å². The predicted octanol–water partition coefficient (Wildman–Crippen LogP) is 6.06. The molecule has 2 aromatic carbocycles. The van der Waals surface area contributed by atoms with Crippen LogP contribution in [0.3, 0.4) is 0 Å². The zero-order valence-corrected chi connectivity index (χ0v) is 22.3.